The molecule has 0 heterocycles. The first kappa shape index (κ1) is 20.8. The highest BCUT2D eigenvalue weighted by molar-refractivity contribution is 5.43. The Morgan fingerprint density at radius 3 is 2.22 bits per heavy atom. The van der Waals surface area contributed by atoms with Crippen molar-refractivity contribution in [1.82, 2.24) is 0 Å². The van der Waals surface area contributed by atoms with Crippen molar-refractivity contribution in [3.8, 4) is 17.2 Å². The number of benzene rings is 2. The van der Waals surface area contributed by atoms with E-state index in [1.54, 1.807) is 7.11 Å². The van der Waals surface area contributed by atoms with Crippen molar-refractivity contribution in [3.63, 3.8) is 0 Å². The summed E-state index contributed by atoms with van der Waals surface area (Å²) in [6.45, 7) is 12.0. The van der Waals surface area contributed by atoms with Crippen LogP contribution in [0.15, 0.2) is 43.0 Å². The molecule has 0 fully saturated rings. The molecule has 0 aliphatic carbocycles. The molecule has 0 aromatic heterocycles. The van der Waals surface area contributed by atoms with E-state index < -0.39 is 0 Å². The maximum Gasteiger partial charge on any atom is 0.161 e. The second kappa shape index (κ2) is 10.6. The number of allylic oxidation sites excluding steroid dienone is 1. The summed E-state index contributed by atoms with van der Waals surface area (Å²) >= 11 is 0. The molecule has 0 radical (unpaired) electrons. The highest BCUT2D eigenvalue weighted by Crippen LogP contribution is 2.28. The van der Waals surface area contributed by atoms with E-state index in [-0.39, 0.29) is 0 Å². The Morgan fingerprint density at radius 2 is 1.56 bits per heavy atom. The third-order valence-corrected chi connectivity index (χ3v) is 4.34. The van der Waals surface area contributed by atoms with Crippen molar-refractivity contribution >= 4 is 0 Å². The molecule has 0 bridgehead atoms. The van der Waals surface area contributed by atoms with Gasteiger partial charge in [0, 0.05) is 0 Å². The van der Waals surface area contributed by atoms with Gasteiger partial charge in [-0.25, -0.2) is 0 Å². The molecule has 0 aliphatic heterocycles. The summed E-state index contributed by atoms with van der Waals surface area (Å²) in [5.41, 5.74) is 4.77. The van der Waals surface area contributed by atoms with Crippen LogP contribution in [-0.2, 0) is 11.2 Å². The fourth-order valence-corrected chi connectivity index (χ4v) is 2.80. The topological polar surface area (TPSA) is 36.9 Å². The lowest BCUT2D eigenvalue weighted by Gasteiger charge is -2.13. The van der Waals surface area contributed by atoms with Crippen molar-refractivity contribution in [3.05, 3.63) is 65.2 Å². The van der Waals surface area contributed by atoms with Gasteiger partial charge in [-0.2, -0.15) is 0 Å². The van der Waals surface area contributed by atoms with E-state index in [0.29, 0.717) is 26.4 Å². The normalized spacial score (nSPS) is 10.5. The van der Waals surface area contributed by atoms with Crippen molar-refractivity contribution in [2.75, 3.05) is 33.5 Å². The van der Waals surface area contributed by atoms with Crippen LogP contribution < -0.4 is 14.2 Å². The first-order valence-corrected chi connectivity index (χ1v) is 9.24. The molecule has 0 unspecified atom stereocenters. The van der Waals surface area contributed by atoms with Crippen LogP contribution in [0.2, 0.25) is 0 Å². The molecule has 0 spiro atoms. The molecule has 27 heavy (non-hydrogen) atoms. The SMILES string of the molecule is C=CCc1ccc(OCCOCCOc2cc(C)cc(C)c2C)c(OC)c1. The number of methoxy groups -OCH3 is 1. The molecule has 0 saturated heterocycles. The number of aryl methyl sites for hydroxylation is 2. The Labute approximate surface area is 162 Å². The van der Waals surface area contributed by atoms with E-state index in [0.717, 1.165) is 29.2 Å². The number of hydrogen-bond acceptors (Lipinski definition) is 4. The number of rotatable bonds is 11. The monoisotopic (exact) mass is 370 g/mol. The summed E-state index contributed by atoms with van der Waals surface area (Å²) < 4.78 is 22.6. The summed E-state index contributed by atoms with van der Waals surface area (Å²) in [4.78, 5) is 0. The standard InChI is InChI=1S/C23H30O4/c1-6-7-20-8-9-21(23(16-20)24-5)26-12-10-25-11-13-27-22-15-17(2)14-18(3)19(22)4/h6,8-9,14-16H,1,7,10-13H2,2-5H3. The van der Waals surface area contributed by atoms with Crippen molar-refractivity contribution in [2.24, 2.45) is 0 Å². The van der Waals surface area contributed by atoms with Gasteiger partial charge < -0.3 is 18.9 Å². The zero-order valence-electron chi connectivity index (χ0n) is 16.8. The molecule has 0 aliphatic rings. The van der Waals surface area contributed by atoms with Crippen LogP contribution in [0.5, 0.6) is 17.2 Å². The average molecular weight is 370 g/mol. The predicted molar refractivity (Wildman–Crippen MR) is 109 cm³/mol. The first-order chi connectivity index (χ1) is 13.0. The molecule has 0 saturated carbocycles. The largest absolute Gasteiger partial charge is 0.493 e. The highest BCUT2D eigenvalue weighted by atomic mass is 16.6. The van der Waals surface area contributed by atoms with Crippen LogP contribution in [0.4, 0.5) is 0 Å². The van der Waals surface area contributed by atoms with Crippen LogP contribution in [0.25, 0.3) is 0 Å². The van der Waals surface area contributed by atoms with E-state index in [4.69, 9.17) is 18.9 Å². The number of ether oxygens (including phenoxy) is 4. The van der Waals surface area contributed by atoms with Crippen LogP contribution >= 0.6 is 0 Å². The van der Waals surface area contributed by atoms with Crippen LogP contribution in [0.3, 0.4) is 0 Å². The highest BCUT2D eigenvalue weighted by Gasteiger charge is 2.06. The third kappa shape index (κ3) is 6.33. The van der Waals surface area contributed by atoms with Gasteiger partial charge in [-0.05, 0) is 67.6 Å². The lowest BCUT2D eigenvalue weighted by atomic mass is 10.1. The predicted octanol–water partition coefficient (Wildman–Crippen LogP) is 4.82. The van der Waals surface area contributed by atoms with Crippen LogP contribution in [0.1, 0.15) is 22.3 Å². The van der Waals surface area contributed by atoms with E-state index in [9.17, 15) is 0 Å². The first-order valence-electron chi connectivity index (χ1n) is 9.24. The molecule has 146 valence electrons. The molecular formula is C23H30O4. The summed E-state index contributed by atoms with van der Waals surface area (Å²) in [5, 5.41) is 0. The van der Waals surface area contributed by atoms with Gasteiger partial charge in [0.2, 0.25) is 0 Å². The van der Waals surface area contributed by atoms with Gasteiger partial charge in [0.1, 0.15) is 19.0 Å². The van der Waals surface area contributed by atoms with E-state index in [1.165, 1.54) is 16.7 Å². The molecule has 0 N–H and O–H groups in total. The van der Waals surface area contributed by atoms with Gasteiger partial charge in [-0.15, -0.1) is 6.58 Å². The Kier molecular flexibility index (Phi) is 8.21. The van der Waals surface area contributed by atoms with Crippen LogP contribution in [-0.4, -0.2) is 33.5 Å². The lowest BCUT2D eigenvalue weighted by molar-refractivity contribution is 0.0755. The number of hydrogen-bond donors (Lipinski definition) is 0. The van der Waals surface area contributed by atoms with Gasteiger partial charge in [0.25, 0.3) is 0 Å². The molecule has 0 amide bonds. The minimum absolute atomic E-state index is 0.458. The molecule has 4 heteroatoms. The fourth-order valence-electron chi connectivity index (χ4n) is 2.80. The van der Waals surface area contributed by atoms with Crippen molar-refractivity contribution in [1.29, 1.82) is 0 Å². The fraction of sp³-hybridized carbons (Fsp3) is 0.391. The van der Waals surface area contributed by atoms with Gasteiger partial charge in [0.15, 0.2) is 11.5 Å². The molecule has 2 rings (SSSR count). The Balaban J connectivity index is 1.70. The molecule has 2 aromatic rings. The summed E-state index contributed by atoms with van der Waals surface area (Å²) in [6.07, 6.45) is 2.67. The molecule has 2 aromatic carbocycles. The van der Waals surface area contributed by atoms with Crippen LogP contribution in [0, 0.1) is 20.8 Å². The van der Waals surface area contributed by atoms with Gasteiger partial charge in [-0.1, -0.05) is 18.2 Å². The maximum absolute atomic E-state index is 5.84. The van der Waals surface area contributed by atoms with Crippen molar-refractivity contribution < 1.29 is 18.9 Å². The lowest BCUT2D eigenvalue weighted by Crippen LogP contribution is -2.13. The zero-order valence-corrected chi connectivity index (χ0v) is 16.8. The average Bonchev–Trinajstić information content (AvgIpc) is 2.65. The second-order valence-electron chi connectivity index (χ2n) is 6.49. The second-order valence-corrected chi connectivity index (χ2v) is 6.49. The Bertz CT molecular complexity index is 752. The summed E-state index contributed by atoms with van der Waals surface area (Å²) in [7, 11) is 1.64. The quantitative estimate of drug-likeness (QED) is 0.420. The molecular weight excluding hydrogens is 340 g/mol. The summed E-state index contributed by atoms with van der Waals surface area (Å²) in [6, 6.07) is 10.1. The van der Waals surface area contributed by atoms with E-state index in [2.05, 4.69) is 39.5 Å². The van der Waals surface area contributed by atoms with Gasteiger partial charge >= 0.3 is 0 Å². The van der Waals surface area contributed by atoms with Crippen molar-refractivity contribution in [2.45, 2.75) is 27.2 Å². The zero-order chi connectivity index (χ0) is 19.6. The Morgan fingerprint density at radius 1 is 0.852 bits per heavy atom. The molecule has 4 nitrogen and oxygen atoms in total. The minimum atomic E-state index is 0.458. The van der Waals surface area contributed by atoms with E-state index >= 15 is 0 Å². The minimum Gasteiger partial charge on any atom is -0.493 e. The summed E-state index contributed by atoms with van der Waals surface area (Å²) in [5.74, 6) is 2.37. The maximum atomic E-state index is 5.84. The molecule has 0 atom stereocenters. The Hall–Kier alpha value is -2.46. The third-order valence-electron chi connectivity index (χ3n) is 4.34. The van der Waals surface area contributed by atoms with Gasteiger partial charge in [0.05, 0.1) is 20.3 Å². The smallest absolute Gasteiger partial charge is 0.161 e. The van der Waals surface area contributed by atoms with E-state index in [1.807, 2.05) is 24.3 Å². The van der Waals surface area contributed by atoms with Gasteiger partial charge in [-0.3, -0.25) is 0 Å².